The highest BCUT2D eigenvalue weighted by Crippen LogP contribution is 2.22. The Balaban J connectivity index is 1.34. The SMILES string of the molecule is O=C(NCc1cc(F)cc(F)c1)O[C@@H]1C(O)CN[C@@H]1Cc1ccc(-c2cnco2)cc1. The van der Waals surface area contributed by atoms with Crippen LogP contribution in [0.1, 0.15) is 11.1 Å². The van der Waals surface area contributed by atoms with Crippen molar-refractivity contribution in [3.63, 3.8) is 0 Å². The van der Waals surface area contributed by atoms with E-state index in [1.165, 1.54) is 6.39 Å². The van der Waals surface area contributed by atoms with Gasteiger partial charge in [0, 0.05) is 24.7 Å². The number of ether oxygens (including phenoxy) is 1. The quantitative estimate of drug-likeness (QED) is 0.558. The van der Waals surface area contributed by atoms with Crippen LogP contribution in [0.2, 0.25) is 0 Å². The third kappa shape index (κ3) is 5.25. The van der Waals surface area contributed by atoms with Crippen LogP contribution >= 0.6 is 0 Å². The summed E-state index contributed by atoms with van der Waals surface area (Å²) in [5.74, 6) is -0.790. The number of carbonyl (C=O) groups excluding carboxylic acids is 1. The van der Waals surface area contributed by atoms with Crippen molar-refractivity contribution < 1.29 is 27.8 Å². The van der Waals surface area contributed by atoms with Gasteiger partial charge < -0.3 is 24.9 Å². The minimum atomic E-state index is -0.865. The molecule has 4 rings (SSSR count). The van der Waals surface area contributed by atoms with E-state index >= 15 is 0 Å². The second-order valence-corrected chi connectivity index (χ2v) is 7.35. The maximum atomic E-state index is 13.3. The number of amides is 1. The average Bonchev–Trinajstić information content (AvgIpc) is 3.38. The fraction of sp³-hybridized carbons (Fsp3) is 0.273. The summed E-state index contributed by atoms with van der Waals surface area (Å²) >= 11 is 0. The second-order valence-electron chi connectivity index (χ2n) is 7.35. The number of nitrogens with zero attached hydrogens (tertiary/aromatic N) is 1. The van der Waals surface area contributed by atoms with E-state index < -0.39 is 29.9 Å². The lowest BCUT2D eigenvalue weighted by molar-refractivity contribution is 0.0188. The largest absolute Gasteiger partial charge is 0.444 e. The standard InChI is InChI=1S/C22H21F2N3O4/c23-16-5-14(6-17(24)8-16)9-27-22(29)31-21-18(26-10-19(21)28)7-13-1-3-15(4-2-13)20-11-25-12-30-20/h1-6,8,11-12,18-19,21,26,28H,7,9-10H2,(H,27,29)/t18-,19?,21+/m1/s1. The second kappa shape index (κ2) is 9.23. The van der Waals surface area contributed by atoms with Gasteiger partial charge in [-0.05, 0) is 29.7 Å². The monoisotopic (exact) mass is 429 g/mol. The van der Waals surface area contributed by atoms with Crippen LogP contribution in [0.4, 0.5) is 13.6 Å². The molecule has 3 N–H and O–H groups in total. The zero-order chi connectivity index (χ0) is 21.8. The number of rotatable bonds is 6. The highest BCUT2D eigenvalue weighted by atomic mass is 19.1. The predicted octanol–water partition coefficient (Wildman–Crippen LogP) is 2.79. The number of alkyl carbamates (subject to hydrolysis) is 1. The van der Waals surface area contributed by atoms with Gasteiger partial charge in [-0.2, -0.15) is 0 Å². The molecule has 0 saturated carbocycles. The number of aliphatic hydroxyl groups excluding tert-OH is 1. The van der Waals surface area contributed by atoms with Crippen LogP contribution in [-0.4, -0.2) is 41.0 Å². The summed E-state index contributed by atoms with van der Waals surface area (Å²) in [6.07, 6.45) is 1.12. The summed E-state index contributed by atoms with van der Waals surface area (Å²) in [5, 5.41) is 15.8. The average molecular weight is 429 g/mol. The smallest absolute Gasteiger partial charge is 0.407 e. The van der Waals surface area contributed by atoms with Gasteiger partial charge in [-0.25, -0.2) is 18.6 Å². The maximum absolute atomic E-state index is 13.3. The Hall–Kier alpha value is -3.30. The van der Waals surface area contributed by atoms with Crippen LogP contribution in [0.15, 0.2) is 59.5 Å². The van der Waals surface area contributed by atoms with Crippen molar-refractivity contribution in [3.8, 4) is 11.3 Å². The molecule has 0 bridgehead atoms. The van der Waals surface area contributed by atoms with E-state index in [0.29, 0.717) is 12.2 Å². The molecule has 2 aromatic carbocycles. The van der Waals surface area contributed by atoms with E-state index in [-0.39, 0.29) is 24.7 Å². The summed E-state index contributed by atoms with van der Waals surface area (Å²) in [6.45, 7) is 0.186. The summed E-state index contributed by atoms with van der Waals surface area (Å²) in [4.78, 5) is 16.1. The van der Waals surface area contributed by atoms with Crippen LogP contribution in [-0.2, 0) is 17.7 Å². The molecule has 1 aromatic heterocycles. The maximum Gasteiger partial charge on any atom is 0.407 e. The van der Waals surface area contributed by atoms with Gasteiger partial charge in [0.15, 0.2) is 12.2 Å². The van der Waals surface area contributed by atoms with Crippen LogP contribution < -0.4 is 10.6 Å². The molecular weight excluding hydrogens is 408 g/mol. The van der Waals surface area contributed by atoms with Gasteiger partial charge in [0.1, 0.15) is 23.8 Å². The third-order valence-electron chi connectivity index (χ3n) is 5.09. The fourth-order valence-corrected chi connectivity index (χ4v) is 3.59. The number of β-amino-alcohol motifs (C(OH)–C–C–N with tert-alkyl or cyclic N) is 1. The fourth-order valence-electron chi connectivity index (χ4n) is 3.59. The lowest BCUT2D eigenvalue weighted by Crippen LogP contribution is -2.41. The van der Waals surface area contributed by atoms with Crippen molar-refractivity contribution in [1.82, 2.24) is 15.6 Å². The van der Waals surface area contributed by atoms with E-state index in [1.807, 2.05) is 24.3 Å². The first-order valence-electron chi connectivity index (χ1n) is 9.76. The molecule has 1 saturated heterocycles. The molecule has 1 fully saturated rings. The number of hydrogen-bond acceptors (Lipinski definition) is 6. The number of halogens is 2. The van der Waals surface area contributed by atoms with E-state index in [0.717, 1.165) is 29.3 Å². The van der Waals surface area contributed by atoms with Gasteiger partial charge in [0.05, 0.1) is 12.2 Å². The lowest BCUT2D eigenvalue weighted by Gasteiger charge is -2.22. The summed E-state index contributed by atoms with van der Waals surface area (Å²) in [7, 11) is 0. The van der Waals surface area contributed by atoms with Gasteiger partial charge in [-0.1, -0.05) is 24.3 Å². The molecule has 1 aliphatic rings. The van der Waals surface area contributed by atoms with Crippen molar-refractivity contribution in [3.05, 3.63) is 77.8 Å². The Morgan fingerprint density at radius 2 is 1.94 bits per heavy atom. The van der Waals surface area contributed by atoms with E-state index in [1.54, 1.807) is 6.20 Å². The number of hydrogen-bond donors (Lipinski definition) is 3. The van der Waals surface area contributed by atoms with Gasteiger partial charge in [0.2, 0.25) is 0 Å². The molecule has 0 spiro atoms. The molecule has 7 nitrogen and oxygen atoms in total. The Bertz CT molecular complexity index is 1010. The molecule has 2 heterocycles. The van der Waals surface area contributed by atoms with Crippen LogP contribution in [0.5, 0.6) is 0 Å². The molecular formula is C22H21F2N3O4. The summed E-state index contributed by atoms with van der Waals surface area (Å²) in [5.41, 5.74) is 2.14. The normalized spacial score (nSPS) is 20.5. The Kier molecular flexibility index (Phi) is 6.24. The minimum absolute atomic E-state index is 0.0997. The third-order valence-corrected chi connectivity index (χ3v) is 5.09. The molecule has 1 amide bonds. The van der Waals surface area contributed by atoms with Gasteiger partial charge in [-0.3, -0.25) is 0 Å². The van der Waals surface area contributed by atoms with E-state index in [2.05, 4.69) is 15.6 Å². The number of benzene rings is 2. The zero-order valence-electron chi connectivity index (χ0n) is 16.4. The molecule has 3 atom stereocenters. The molecule has 3 aromatic rings. The van der Waals surface area contributed by atoms with Crippen LogP contribution in [0.3, 0.4) is 0 Å². The summed E-state index contributed by atoms with van der Waals surface area (Å²) < 4.78 is 37.2. The van der Waals surface area contributed by atoms with E-state index in [9.17, 15) is 18.7 Å². The number of oxazole rings is 1. The Morgan fingerprint density at radius 1 is 1.19 bits per heavy atom. The van der Waals surface area contributed by atoms with Crippen molar-refractivity contribution in [2.75, 3.05) is 6.54 Å². The van der Waals surface area contributed by atoms with E-state index in [4.69, 9.17) is 9.15 Å². The highest BCUT2D eigenvalue weighted by molar-refractivity contribution is 5.67. The molecule has 0 aliphatic carbocycles. The molecule has 31 heavy (non-hydrogen) atoms. The molecule has 9 heteroatoms. The van der Waals surface area contributed by atoms with Gasteiger partial charge >= 0.3 is 6.09 Å². The summed E-state index contributed by atoms with van der Waals surface area (Å²) in [6, 6.07) is 10.4. The number of aliphatic hydroxyl groups is 1. The number of aromatic nitrogens is 1. The topological polar surface area (TPSA) is 96.6 Å². The Labute approximate surface area is 177 Å². The molecule has 0 radical (unpaired) electrons. The molecule has 1 aliphatic heterocycles. The van der Waals surface area contributed by atoms with Crippen molar-refractivity contribution in [2.45, 2.75) is 31.2 Å². The first-order chi connectivity index (χ1) is 15.0. The van der Waals surface area contributed by atoms with Crippen molar-refractivity contribution in [2.24, 2.45) is 0 Å². The van der Waals surface area contributed by atoms with Gasteiger partial charge in [0.25, 0.3) is 0 Å². The van der Waals surface area contributed by atoms with Crippen LogP contribution in [0.25, 0.3) is 11.3 Å². The van der Waals surface area contributed by atoms with Crippen molar-refractivity contribution >= 4 is 6.09 Å². The number of carbonyl (C=O) groups is 1. The first kappa shape index (κ1) is 21.0. The zero-order valence-corrected chi connectivity index (χ0v) is 16.4. The molecule has 1 unspecified atom stereocenters. The Morgan fingerprint density at radius 3 is 2.61 bits per heavy atom. The minimum Gasteiger partial charge on any atom is -0.444 e. The number of nitrogens with one attached hydrogen (secondary N) is 2. The lowest BCUT2D eigenvalue weighted by atomic mass is 10.00. The molecule has 162 valence electrons. The predicted molar refractivity (Wildman–Crippen MR) is 107 cm³/mol. The first-order valence-corrected chi connectivity index (χ1v) is 9.76. The highest BCUT2D eigenvalue weighted by Gasteiger charge is 2.37. The van der Waals surface area contributed by atoms with Gasteiger partial charge in [-0.15, -0.1) is 0 Å². The van der Waals surface area contributed by atoms with Crippen molar-refractivity contribution in [1.29, 1.82) is 0 Å². The van der Waals surface area contributed by atoms with Crippen LogP contribution in [0, 0.1) is 11.6 Å².